The predicted molar refractivity (Wildman–Crippen MR) is 94.1 cm³/mol. The number of carbonyl (C=O) groups is 2. The van der Waals surface area contributed by atoms with Gasteiger partial charge in [-0.2, -0.15) is 0 Å². The van der Waals surface area contributed by atoms with Crippen LogP contribution in [0.2, 0.25) is 0 Å². The second kappa shape index (κ2) is 7.61. The number of rotatable bonds is 6. The standard InChI is InChI=1S/C17H23N3O3S/c1-6-20(9-14(21)18-10(2)3)17(22)15-12(5)19-16(24-15)13-8-7-11(4)23-13/h7-8,10H,6,9H2,1-5H3,(H,18,21). The molecule has 0 bridgehead atoms. The third-order valence-electron chi connectivity index (χ3n) is 3.40. The molecule has 2 rings (SSSR count). The van der Waals surface area contributed by atoms with Gasteiger partial charge in [0.2, 0.25) is 5.91 Å². The zero-order chi connectivity index (χ0) is 17.9. The van der Waals surface area contributed by atoms with E-state index in [0.29, 0.717) is 27.9 Å². The lowest BCUT2D eigenvalue weighted by Gasteiger charge is -2.20. The summed E-state index contributed by atoms with van der Waals surface area (Å²) in [6, 6.07) is 3.75. The summed E-state index contributed by atoms with van der Waals surface area (Å²) in [6.07, 6.45) is 0. The summed E-state index contributed by atoms with van der Waals surface area (Å²) in [6.45, 7) is 9.79. The molecule has 0 saturated carbocycles. The maximum absolute atomic E-state index is 12.8. The van der Waals surface area contributed by atoms with E-state index >= 15 is 0 Å². The molecular formula is C17H23N3O3S. The molecule has 130 valence electrons. The average molecular weight is 349 g/mol. The van der Waals surface area contributed by atoms with Crippen LogP contribution in [-0.2, 0) is 4.79 Å². The molecule has 2 aromatic rings. The van der Waals surface area contributed by atoms with Crippen LogP contribution in [0.1, 0.15) is 41.9 Å². The Morgan fingerprint density at radius 3 is 2.58 bits per heavy atom. The molecule has 0 fully saturated rings. The smallest absolute Gasteiger partial charge is 0.266 e. The lowest BCUT2D eigenvalue weighted by Crippen LogP contribution is -2.42. The fraction of sp³-hybridized carbons (Fsp3) is 0.471. The van der Waals surface area contributed by atoms with Crippen molar-refractivity contribution in [2.75, 3.05) is 13.1 Å². The molecule has 0 aliphatic heterocycles. The number of amides is 2. The second-order valence-corrected chi connectivity index (χ2v) is 6.88. The van der Waals surface area contributed by atoms with E-state index in [-0.39, 0.29) is 24.4 Å². The van der Waals surface area contributed by atoms with E-state index in [1.807, 2.05) is 39.8 Å². The number of nitrogens with zero attached hydrogens (tertiary/aromatic N) is 2. The van der Waals surface area contributed by atoms with Crippen LogP contribution in [0.4, 0.5) is 0 Å². The van der Waals surface area contributed by atoms with Crippen molar-refractivity contribution in [3.8, 4) is 10.8 Å². The molecule has 2 aromatic heterocycles. The Labute approximate surface area is 145 Å². The van der Waals surface area contributed by atoms with Gasteiger partial charge in [-0.1, -0.05) is 0 Å². The quantitative estimate of drug-likeness (QED) is 0.870. The minimum absolute atomic E-state index is 0.0417. The first-order valence-electron chi connectivity index (χ1n) is 7.94. The van der Waals surface area contributed by atoms with Crippen molar-refractivity contribution in [2.24, 2.45) is 0 Å². The highest BCUT2D eigenvalue weighted by Gasteiger charge is 2.23. The van der Waals surface area contributed by atoms with Crippen molar-refractivity contribution in [3.63, 3.8) is 0 Å². The van der Waals surface area contributed by atoms with Crippen LogP contribution >= 0.6 is 11.3 Å². The van der Waals surface area contributed by atoms with Crippen LogP contribution in [0, 0.1) is 13.8 Å². The zero-order valence-electron chi connectivity index (χ0n) is 14.7. The third kappa shape index (κ3) is 4.23. The van der Waals surface area contributed by atoms with E-state index in [9.17, 15) is 9.59 Å². The number of hydrogen-bond acceptors (Lipinski definition) is 5. The average Bonchev–Trinajstić information content (AvgIpc) is 3.09. The highest BCUT2D eigenvalue weighted by atomic mass is 32.1. The molecule has 6 nitrogen and oxygen atoms in total. The first-order chi connectivity index (χ1) is 11.3. The largest absolute Gasteiger partial charge is 0.459 e. The van der Waals surface area contributed by atoms with E-state index in [1.165, 1.54) is 16.2 Å². The fourth-order valence-electron chi connectivity index (χ4n) is 2.26. The third-order valence-corrected chi connectivity index (χ3v) is 4.56. The summed E-state index contributed by atoms with van der Waals surface area (Å²) < 4.78 is 5.57. The molecule has 1 N–H and O–H groups in total. The van der Waals surface area contributed by atoms with Gasteiger partial charge in [-0.3, -0.25) is 9.59 Å². The second-order valence-electron chi connectivity index (χ2n) is 5.89. The van der Waals surface area contributed by atoms with Crippen molar-refractivity contribution in [1.82, 2.24) is 15.2 Å². The summed E-state index contributed by atoms with van der Waals surface area (Å²) in [4.78, 5) is 31.2. The van der Waals surface area contributed by atoms with E-state index in [4.69, 9.17) is 4.42 Å². The van der Waals surface area contributed by atoms with Crippen LogP contribution in [-0.4, -0.2) is 40.8 Å². The molecule has 0 spiro atoms. The Bertz CT molecular complexity index is 733. The molecule has 0 unspecified atom stereocenters. The Balaban J connectivity index is 2.18. The predicted octanol–water partition coefficient (Wildman–Crippen LogP) is 3.01. The number of aryl methyl sites for hydroxylation is 2. The minimum atomic E-state index is -0.180. The summed E-state index contributed by atoms with van der Waals surface area (Å²) in [7, 11) is 0. The van der Waals surface area contributed by atoms with Crippen LogP contribution in [0.25, 0.3) is 10.8 Å². The molecule has 24 heavy (non-hydrogen) atoms. The van der Waals surface area contributed by atoms with Crippen LogP contribution in [0.5, 0.6) is 0 Å². The zero-order valence-corrected chi connectivity index (χ0v) is 15.5. The van der Waals surface area contributed by atoms with Crippen molar-refractivity contribution in [3.05, 3.63) is 28.5 Å². The minimum Gasteiger partial charge on any atom is -0.459 e. The maximum Gasteiger partial charge on any atom is 0.266 e. The number of aromatic nitrogens is 1. The highest BCUT2D eigenvalue weighted by molar-refractivity contribution is 7.17. The monoisotopic (exact) mass is 349 g/mol. The van der Waals surface area contributed by atoms with Gasteiger partial charge in [0, 0.05) is 12.6 Å². The molecule has 0 aliphatic rings. The highest BCUT2D eigenvalue weighted by Crippen LogP contribution is 2.30. The number of thiazole rings is 1. The van der Waals surface area contributed by atoms with E-state index in [2.05, 4.69) is 10.3 Å². The first-order valence-corrected chi connectivity index (χ1v) is 8.76. The summed E-state index contributed by atoms with van der Waals surface area (Å²) in [5.41, 5.74) is 0.650. The lowest BCUT2D eigenvalue weighted by molar-refractivity contribution is -0.122. The molecular weight excluding hydrogens is 326 g/mol. The molecule has 0 atom stereocenters. The normalized spacial score (nSPS) is 10.9. The number of carbonyl (C=O) groups excluding carboxylic acids is 2. The molecule has 0 aliphatic carbocycles. The van der Waals surface area contributed by atoms with Crippen molar-refractivity contribution < 1.29 is 14.0 Å². The van der Waals surface area contributed by atoms with Gasteiger partial charge in [-0.25, -0.2) is 4.98 Å². The molecule has 2 amide bonds. The molecule has 0 saturated heterocycles. The SMILES string of the molecule is CCN(CC(=O)NC(C)C)C(=O)c1sc(-c2ccc(C)o2)nc1C. The summed E-state index contributed by atoms with van der Waals surface area (Å²) >= 11 is 1.29. The molecule has 2 heterocycles. The van der Waals surface area contributed by atoms with Gasteiger partial charge in [0.1, 0.15) is 10.6 Å². The number of likely N-dealkylation sites (N-methyl/N-ethyl adjacent to an activating group) is 1. The van der Waals surface area contributed by atoms with E-state index in [1.54, 1.807) is 6.92 Å². The lowest BCUT2D eigenvalue weighted by atomic mass is 10.3. The topological polar surface area (TPSA) is 75.4 Å². The van der Waals surface area contributed by atoms with E-state index in [0.717, 1.165) is 5.76 Å². The fourth-order valence-corrected chi connectivity index (χ4v) is 3.26. The van der Waals surface area contributed by atoms with Crippen molar-refractivity contribution in [1.29, 1.82) is 0 Å². The van der Waals surface area contributed by atoms with Gasteiger partial charge in [-0.15, -0.1) is 11.3 Å². The van der Waals surface area contributed by atoms with Crippen molar-refractivity contribution in [2.45, 2.75) is 40.7 Å². The summed E-state index contributed by atoms with van der Waals surface area (Å²) in [5, 5.41) is 3.48. The number of nitrogens with one attached hydrogen (secondary N) is 1. The van der Waals surface area contributed by atoms with Gasteiger partial charge in [0.25, 0.3) is 5.91 Å². The Kier molecular flexibility index (Phi) is 5.77. The molecule has 0 radical (unpaired) electrons. The number of furan rings is 1. The Morgan fingerprint density at radius 1 is 1.33 bits per heavy atom. The van der Waals surface area contributed by atoms with Gasteiger partial charge < -0.3 is 14.6 Å². The van der Waals surface area contributed by atoms with Crippen LogP contribution < -0.4 is 5.32 Å². The number of hydrogen-bond donors (Lipinski definition) is 1. The summed E-state index contributed by atoms with van der Waals surface area (Å²) in [5.74, 6) is 1.11. The maximum atomic E-state index is 12.8. The van der Waals surface area contributed by atoms with Crippen LogP contribution in [0.15, 0.2) is 16.5 Å². The Morgan fingerprint density at radius 2 is 2.04 bits per heavy atom. The van der Waals surface area contributed by atoms with Crippen LogP contribution in [0.3, 0.4) is 0 Å². The molecule has 7 heteroatoms. The van der Waals surface area contributed by atoms with Gasteiger partial charge in [0.05, 0.1) is 12.2 Å². The van der Waals surface area contributed by atoms with Gasteiger partial charge in [-0.05, 0) is 46.8 Å². The van der Waals surface area contributed by atoms with E-state index < -0.39 is 0 Å². The first kappa shape index (κ1) is 18.2. The van der Waals surface area contributed by atoms with Gasteiger partial charge >= 0.3 is 0 Å². The van der Waals surface area contributed by atoms with Crippen molar-refractivity contribution >= 4 is 23.2 Å². The van der Waals surface area contributed by atoms with Gasteiger partial charge in [0.15, 0.2) is 10.8 Å². The molecule has 0 aromatic carbocycles. The Hall–Kier alpha value is -2.15.